The van der Waals surface area contributed by atoms with E-state index in [1.807, 2.05) is 0 Å². The molecule has 0 spiro atoms. The highest BCUT2D eigenvalue weighted by atomic mass is 16.5. The van der Waals surface area contributed by atoms with Crippen LogP contribution in [0, 0.1) is 5.92 Å². The lowest BCUT2D eigenvalue weighted by atomic mass is 9.83. The van der Waals surface area contributed by atoms with E-state index in [0.29, 0.717) is 12.0 Å². The number of nitrogens with one attached hydrogen (secondary N) is 1. The summed E-state index contributed by atoms with van der Waals surface area (Å²) in [7, 11) is 0. The SMILES string of the molecule is O=C(NC1CCC(CCN2CCC(c3cccc4c3CCO4)CC2)CC1)[C@@H]1CCCO1. The molecule has 1 aromatic carbocycles. The average molecular weight is 427 g/mol. The highest BCUT2D eigenvalue weighted by molar-refractivity contribution is 5.81. The maximum atomic E-state index is 12.3. The Hall–Kier alpha value is -1.59. The first-order valence-corrected chi connectivity index (χ1v) is 12.6. The molecular formula is C26H38N2O3. The molecule has 1 aromatic rings. The van der Waals surface area contributed by atoms with Crippen molar-refractivity contribution in [1.82, 2.24) is 10.2 Å². The number of benzene rings is 1. The topological polar surface area (TPSA) is 50.8 Å². The van der Waals surface area contributed by atoms with Crippen molar-refractivity contribution in [3.8, 4) is 5.75 Å². The van der Waals surface area contributed by atoms with Crippen molar-refractivity contribution in [3.05, 3.63) is 29.3 Å². The molecule has 0 radical (unpaired) electrons. The van der Waals surface area contributed by atoms with Crippen LogP contribution in [0.25, 0.3) is 0 Å². The lowest BCUT2D eigenvalue weighted by molar-refractivity contribution is -0.131. The summed E-state index contributed by atoms with van der Waals surface area (Å²) in [6.45, 7) is 5.28. The summed E-state index contributed by atoms with van der Waals surface area (Å²) in [4.78, 5) is 15.0. The maximum Gasteiger partial charge on any atom is 0.249 e. The number of carbonyl (C=O) groups excluding carboxylic acids is 1. The standard InChI is InChI=1S/C26H38N2O3/c29-26(25-5-2-17-30-25)27-21-8-6-19(7-9-21)10-14-28-15-11-20(12-16-28)22-3-1-4-24-23(22)13-18-31-24/h1,3-4,19-21,25H,2,5-18H2,(H,27,29)/t19?,21?,25-/m0/s1. The van der Waals surface area contributed by atoms with Crippen LogP contribution < -0.4 is 10.1 Å². The van der Waals surface area contributed by atoms with Gasteiger partial charge in [0.05, 0.1) is 6.61 Å². The van der Waals surface area contributed by atoms with Crippen LogP contribution in [0.4, 0.5) is 0 Å². The molecule has 0 bridgehead atoms. The number of ether oxygens (including phenoxy) is 2. The molecule has 5 nitrogen and oxygen atoms in total. The van der Waals surface area contributed by atoms with Crippen molar-refractivity contribution in [1.29, 1.82) is 0 Å². The lowest BCUT2D eigenvalue weighted by Gasteiger charge is -2.35. The van der Waals surface area contributed by atoms with Crippen LogP contribution in [-0.2, 0) is 16.0 Å². The van der Waals surface area contributed by atoms with Gasteiger partial charge in [0.1, 0.15) is 11.9 Å². The third-order valence-electron chi connectivity index (χ3n) is 8.08. The van der Waals surface area contributed by atoms with E-state index in [2.05, 4.69) is 28.4 Å². The molecule has 3 aliphatic heterocycles. The zero-order valence-corrected chi connectivity index (χ0v) is 18.8. The van der Waals surface area contributed by atoms with Gasteiger partial charge in [-0.15, -0.1) is 0 Å². The van der Waals surface area contributed by atoms with Gasteiger partial charge in [0.2, 0.25) is 5.91 Å². The van der Waals surface area contributed by atoms with Gasteiger partial charge in [-0.3, -0.25) is 4.79 Å². The Kier molecular flexibility index (Phi) is 6.80. The third kappa shape index (κ3) is 5.09. The van der Waals surface area contributed by atoms with Crippen LogP contribution in [0.1, 0.15) is 74.8 Å². The van der Waals surface area contributed by atoms with Gasteiger partial charge in [0.25, 0.3) is 0 Å². The second kappa shape index (κ2) is 9.91. The zero-order valence-electron chi connectivity index (χ0n) is 18.8. The molecule has 2 saturated heterocycles. The summed E-state index contributed by atoms with van der Waals surface area (Å²) in [6, 6.07) is 7.00. The van der Waals surface area contributed by atoms with Crippen LogP contribution in [0.3, 0.4) is 0 Å². The van der Waals surface area contributed by atoms with Crippen LogP contribution in [0.2, 0.25) is 0 Å². The van der Waals surface area contributed by atoms with Gasteiger partial charge in [-0.05, 0) is 101 Å². The van der Waals surface area contributed by atoms with Crippen molar-refractivity contribution in [2.45, 2.75) is 82.3 Å². The molecule has 1 N–H and O–H groups in total. The molecule has 0 aromatic heterocycles. The number of amides is 1. The predicted octanol–water partition coefficient (Wildman–Crippen LogP) is 4.05. The molecule has 3 heterocycles. The number of rotatable bonds is 6. The number of fused-ring (bicyclic) bond motifs is 1. The first-order chi connectivity index (χ1) is 15.3. The van der Waals surface area contributed by atoms with Gasteiger partial charge in [0, 0.05) is 24.6 Å². The quantitative estimate of drug-likeness (QED) is 0.746. The van der Waals surface area contributed by atoms with Crippen LogP contribution in [0.5, 0.6) is 5.75 Å². The smallest absolute Gasteiger partial charge is 0.249 e. The second-order valence-electron chi connectivity index (χ2n) is 10.1. The van der Waals surface area contributed by atoms with E-state index in [9.17, 15) is 4.79 Å². The number of hydrogen-bond donors (Lipinski definition) is 1. The minimum Gasteiger partial charge on any atom is -0.493 e. The fourth-order valence-electron chi connectivity index (χ4n) is 6.14. The first-order valence-electron chi connectivity index (χ1n) is 12.6. The Morgan fingerprint density at radius 3 is 2.65 bits per heavy atom. The highest BCUT2D eigenvalue weighted by Gasteiger charge is 2.29. The van der Waals surface area contributed by atoms with Gasteiger partial charge in [-0.1, -0.05) is 12.1 Å². The average Bonchev–Trinajstić information content (AvgIpc) is 3.51. The number of piperidine rings is 1. The molecule has 1 amide bonds. The summed E-state index contributed by atoms with van der Waals surface area (Å²) >= 11 is 0. The number of nitrogens with zero attached hydrogens (tertiary/aromatic N) is 1. The van der Waals surface area contributed by atoms with E-state index in [1.165, 1.54) is 57.3 Å². The van der Waals surface area contributed by atoms with Crippen LogP contribution in [-0.4, -0.2) is 55.8 Å². The maximum absolute atomic E-state index is 12.3. The van der Waals surface area contributed by atoms with Gasteiger partial charge in [-0.2, -0.15) is 0 Å². The third-order valence-corrected chi connectivity index (χ3v) is 8.08. The Bertz CT molecular complexity index is 745. The fraction of sp³-hybridized carbons (Fsp3) is 0.731. The van der Waals surface area contributed by atoms with E-state index in [1.54, 1.807) is 5.56 Å². The van der Waals surface area contributed by atoms with Crippen molar-refractivity contribution in [2.75, 3.05) is 32.8 Å². The number of hydrogen-bond acceptors (Lipinski definition) is 4. The number of carbonyl (C=O) groups is 1. The number of likely N-dealkylation sites (tertiary alicyclic amines) is 1. The summed E-state index contributed by atoms with van der Waals surface area (Å²) in [5.74, 6) is 2.78. The molecule has 0 unspecified atom stereocenters. The van der Waals surface area contributed by atoms with Crippen molar-refractivity contribution in [2.24, 2.45) is 5.92 Å². The van der Waals surface area contributed by atoms with E-state index in [0.717, 1.165) is 57.0 Å². The van der Waals surface area contributed by atoms with E-state index in [4.69, 9.17) is 9.47 Å². The summed E-state index contributed by atoms with van der Waals surface area (Å²) in [5.41, 5.74) is 3.03. The van der Waals surface area contributed by atoms with Crippen molar-refractivity contribution < 1.29 is 14.3 Å². The normalized spacial score (nSPS) is 29.5. The minimum absolute atomic E-state index is 0.124. The molecule has 5 heteroatoms. The van der Waals surface area contributed by atoms with E-state index in [-0.39, 0.29) is 12.0 Å². The van der Waals surface area contributed by atoms with Crippen LogP contribution >= 0.6 is 0 Å². The molecule has 3 fully saturated rings. The Morgan fingerprint density at radius 1 is 1.03 bits per heavy atom. The molecule has 31 heavy (non-hydrogen) atoms. The first kappa shape index (κ1) is 21.3. The predicted molar refractivity (Wildman–Crippen MR) is 122 cm³/mol. The second-order valence-corrected chi connectivity index (χ2v) is 10.1. The molecule has 1 atom stereocenters. The Labute approximate surface area is 186 Å². The summed E-state index contributed by atoms with van der Waals surface area (Å²) in [6.07, 6.45) is 11.4. The van der Waals surface area contributed by atoms with Gasteiger partial charge >= 0.3 is 0 Å². The van der Waals surface area contributed by atoms with Gasteiger partial charge in [0.15, 0.2) is 0 Å². The monoisotopic (exact) mass is 426 g/mol. The van der Waals surface area contributed by atoms with E-state index < -0.39 is 0 Å². The van der Waals surface area contributed by atoms with Gasteiger partial charge < -0.3 is 19.7 Å². The summed E-state index contributed by atoms with van der Waals surface area (Å²) in [5, 5.41) is 3.24. The largest absolute Gasteiger partial charge is 0.493 e. The highest BCUT2D eigenvalue weighted by Crippen LogP contribution is 2.37. The Morgan fingerprint density at radius 2 is 1.87 bits per heavy atom. The molecule has 4 aliphatic rings. The molecular weight excluding hydrogens is 388 g/mol. The zero-order chi connectivity index (χ0) is 21.0. The van der Waals surface area contributed by atoms with Crippen molar-refractivity contribution >= 4 is 5.91 Å². The van der Waals surface area contributed by atoms with Crippen LogP contribution in [0.15, 0.2) is 18.2 Å². The Balaban J connectivity index is 1.01. The molecule has 1 saturated carbocycles. The fourth-order valence-corrected chi connectivity index (χ4v) is 6.14. The minimum atomic E-state index is -0.190. The van der Waals surface area contributed by atoms with Crippen molar-refractivity contribution in [3.63, 3.8) is 0 Å². The molecule has 170 valence electrons. The van der Waals surface area contributed by atoms with E-state index >= 15 is 0 Å². The summed E-state index contributed by atoms with van der Waals surface area (Å²) < 4.78 is 11.3. The van der Waals surface area contributed by atoms with Gasteiger partial charge in [-0.25, -0.2) is 0 Å². The lowest BCUT2D eigenvalue weighted by Crippen LogP contribution is -2.43. The molecule has 5 rings (SSSR count). The molecule has 1 aliphatic carbocycles.